The SMILES string of the molecule is COc1ccc2c(c1)C(N1CCCC(CCN)C1)CCC2. The van der Waals surface area contributed by atoms with Crippen molar-refractivity contribution >= 4 is 0 Å². The van der Waals surface area contributed by atoms with Crippen LogP contribution in [0.5, 0.6) is 5.75 Å². The van der Waals surface area contributed by atoms with Gasteiger partial charge in [0.05, 0.1) is 7.11 Å². The van der Waals surface area contributed by atoms with Crippen LogP contribution >= 0.6 is 0 Å². The molecule has 3 rings (SSSR count). The molecule has 0 saturated carbocycles. The Hall–Kier alpha value is -1.06. The van der Waals surface area contributed by atoms with E-state index in [1.54, 1.807) is 7.11 Å². The molecule has 1 saturated heterocycles. The third kappa shape index (κ3) is 3.24. The molecule has 0 spiro atoms. The Kier molecular flexibility index (Phi) is 4.81. The molecule has 21 heavy (non-hydrogen) atoms. The summed E-state index contributed by atoms with van der Waals surface area (Å²) in [6, 6.07) is 7.23. The topological polar surface area (TPSA) is 38.5 Å². The highest BCUT2D eigenvalue weighted by Gasteiger charge is 2.30. The fourth-order valence-electron chi connectivity index (χ4n) is 4.11. The summed E-state index contributed by atoms with van der Waals surface area (Å²) in [5, 5.41) is 0. The Balaban J connectivity index is 1.80. The van der Waals surface area contributed by atoms with Gasteiger partial charge in [0, 0.05) is 12.6 Å². The third-order valence-corrected chi connectivity index (χ3v) is 5.20. The van der Waals surface area contributed by atoms with Crippen molar-refractivity contribution in [1.82, 2.24) is 4.90 Å². The van der Waals surface area contributed by atoms with E-state index < -0.39 is 0 Å². The van der Waals surface area contributed by atoms with Gasteiger partial charge in [0.25, 0.3) is 0 Å². The van der Waals surface area contributed by atoms with Gasteiger partial charge in [-0.2, -0.15) is 0 Å². The molecule has 0 amide bonds. The van der Waals surface area contributed by atoms with Gasteiger partial charge in [0.2, 0.25) is 0 Å². The number of rotatable bonds is 4. The average molecular weight is 288 g/mol. The highest BCUT2D eigenvalue weighted by molar-refractivity contribution is 5.39. The molecule has 2 unspecified atom stereocenters. The first-order chi connectivity index (χ1) is 10.3. The molecule has 1 aromatic rings. The Morgan fingerprint density at radius 3 is 3.00 bits per heavy atom. The number of fused-ring (bicyclic) bond motifs is 1. The van der Waals surface area contributed by atoms with Crippen LogP contribution in [0.1, 0.15) is 49.3 Å². The van der Waals surface area contributed by atoms with Gasteiger partial charge in [-0.25, -0.2) is 0 Å². The predicted octanol–water partition coefficient (Wildman–Crippen LogP) is 3.13. The highest BCUT2D eigenvalue weighted by Crippen LogP contribution is 2.38. The molecule has 1 heterocycles. The minimum atomic E-state index is 0.587. The van der Waals surface area contributed by atoms with Crippen molar-refractivity contribution in [3.05, 3.63) is 29.3 Å². The second-order valence-electron chi connectivity index (χ2n) is 6.55. The van der Waals surface area contributed by atoms with Crippen molar-refractivity contribution < 1.29 is 4.74 Å². The molecule has 1 aromatic carbocycles. The summed E-state index contributed by atoms with van der Waals surface area (Å²) in [6.07, 6.45) is 7.66. The van der Waals surface area contributed by atoms with Crippen LogP contribution < -0.4 is 10.5 Å². The number of nitrogens with zero attached hydrogens (tertiary/aromatic N) is 1. The number of piperidine rings is 1. The van der Waals surface area contributed by atoms with Crippen LogP contribution in [-0.4, -0.2) is 31.6 Å². The fraction of sp³-hybridized carbons (Fsp3) is 0.667. The summed E-state index contributed by atoms with van der Waals surface area (Å²) in [5.41, 5.74) is 8.79. The number of methoxy groups -OCH3 is 1. The van der Waals surface area contributed by atoms with Crippen molar-refractivity contribution in [3.8, 4) is 5.75 Å². The zero-order valence-electron chi connectivity index (χ0n) is 13.2. The minimum absolute atomic E-state index is 0.587. The normalized spacial score (nSPS) is 26.4. The van der Waals surface area contributed by atoms with E-state index in [2.05, 4.69) is 23.1 Å². The number of nitrogens with two attached hydrogens (primary N) is 1. The average Bonchev–Trinajstić information content (AvgIpc) is 2.54. The fourth-order valence-corrected chi connectivity index (χ4v) is 4.11. The van der Waals surface area contributed by atoms with Crippen molar-refractivity contribution in [2.75, 3.05) is 26.7 Å². The largest absolute Gasteiger partial charge is 0.497 e. The Morgan fingerprint density at radius 1 is 1.29 bits per heavy atom. The molecular weight excluding hydrogens is 260 g/mol. The molecule has 2 atom stereocenters. The second kappa shape index (κ2) is 6.80. The molecule has 2 aliphatic rings. The first-order valence-electron chi connectivity index (χ1n) is 8.42. The molecular formula is C18H28N2O. The highest BCUT2D eigenvalue weighted by atomic mass is 16.5. The lowest BCUT2D eigenvalue weighted by Crippen LogP contribution is -2.40. The number of ether oxygens (including phenoxy) is 1. The number of benzene rings is 1. The molecule has 0 bridgehead atoms. The van der Waals surface area contributed by atoms with Gasteiger partial charge in [-0.15, -0.1) is 0 Å². The minimum Gasteiger partial charge on any atom is -0.497 e. The van der Waals surface area contributed by atoms with Gasteiger partial charge in [0.1, 0.15) is 5.75 Å². The van der Waals surface area contributed by atoms with Crippen LogP contribution in [0.3, 0.4) is 0 Å². The smallest absolute Gasteiger partial charge is 0.119 e. The molecule has 1 fully saturated rings. The zero-order chi connectivity index (χ0) is 14.7. The summed E-state index contributed by atoms with van der Waals surface area (Å²) in [6.45, 7) is 3.29. The van der Waals surface area contributed by atoms with Crippen LogP contribution in [0.2, 0.25) is 0 Å². The summed E-state index contributed by atoms with van der Waals surface area (Å²) in [4.78, 5) is 2.71. The Labute approximate surface area is 128 Å². The lowest BCUT2D eigenvalue weighted by atomic mass is 9.84. The maximum Gasteiger partial charge on any atom is 0.119 e. The lowest BCUT2D eigenvalue weighted by Gasteiger charge is -2.41. The van der Waals surface area contributed by atoms with Crippen molar-refractivity contribution in [3.63, 3.8) is 0 Å². The van der Waals surface area contributed by atoms with E-state index in [1.165, 1.54) is 62.7 Å². The number of likely N-dealkylation sites (tertiary alicyclic amines) is 1. The Bertz CT molecular complexity index is 472. The van der Waals surface area contributed by atoms with Gasteiger partial charge in [-0.05, 0) is 80.8 Å². The molecule has 3 heteroatoms. The summed E-state index contributed by atoms with van der Waals surface area (Å²) in [5.74, 6) is 1.79. The summed E-state index contributed by atoms with van der Waals surface area (Å²) in [7, 11) is 1.76. The van der Waals surface area contributed by atoms with E-state index in [0.717, 1.165) is 18.2 Å². The van der Waals surface area contributed by atoms with E-state index in [0.29, 0.717) is 6.04 Å². The van der Waals surface area contributed by atoms with Crippen molar-refractivity contribution in [1.29, 1.82) is 0 Å². The van der Waals surface area contributed by atoms with Crippen LogP contribution in [0, 0.1) is 5.92 Å². The van der Waals surface area contributed by atoms with Gasteiger partial charge < -0.3 is 10.5 Å². The van der Waals surface area contributed by atoms with E-state index in [1.807, 2.05) is 0 Å². The maximum atomic E-state index is 5.76. The van der Waals surface area contributed by atoms with Crippen molar-refractivity contribution in [2.24, 2.45) is 11.7 Å². The van der Waals surface area contributed by atoms with Crippen molar-refractivity contribution in [2.45, 2.75) is 44.6 Å². The van der Waals surface area contributed by atoms with Gasteiger partial charge in [-0.3, -0.25) is 4.90 Å². The predicted molar refractivity (Wildman–Crippen MR) is 86.6 cm³/mol. The zero-order valence-corrected chi connectivity index (χ0v) is 13.2. The number of aryl methyl sites for hydroxylation is 1. The Morgan fingerprint density at radius 2 is 2.19 bits per heavy atom. The van der Waals surface area contributed by atoms with Crippen LogP contribution in [0.25, 0.3) is 0 Å². The summed E-state index contributed by atoms with van der Waals surface area (Å²) >= 11 is 0. The van der Waals surface area contributed by atoms with E-state index in [-0.39, 0.29) is 0 Å². The number of hydrogen-bond donors (Lipinski definition) is 1. The molecule has 2 N–H and O–H groups in total. The van der Waals surface area contributed by atoms with E-state index in [9.17, 15) is 0 Å². The van der Waals surface area contributed by atoms with E-state index in [4.69, 9.17) is 10.5 Å². The van der Waals surface area contributed by atoms with Crippen LogP contribution in [0.15, 0.2) is 18.2 Å². The van der Waals surface area contributed by atoms with Gasteiger partial charge in [-0.1, -0.05) is 6.07 Å². The summed E-state index contributed by atoms with van der Waals surface area (Å²) < 4.78 is 5.44. The van der Waals surface area contributed by atoms with E-state index >= 15 is 0 Å². The van der Waals surface area contributed by atoms with Crippen LogP contribution in [0.4, 0.5) is 0 Å². The first-order valence-corrected chi connectivity index (χ1v) is 8.42. The first kappa shape index (κ1) is 14.9. The molecule has 3 nitrogen and oxygen atoms in total. The van der Waals surface area contributed by atoms with Gasteiger partial charge in [0.15, 0.2) is 0 Å². The molecule has 1 aliphatic carbocycles. The maximum absolute atomic E-state index is 5.76. The number of hydrogen-bond acceptors (Lipinski definition) is 3. The second-order valence-corrected chi connectivity index (χ2v) is 6.55. The standard InChI is InChI=1S/C18H28N2O/c1-21-16-8-7-15-5-2-6-18(17(15)12-16)20-11-3-4-14(13-20)9-10-19/h7-8,12,14,18H,2-6,9-11,13,19H2,1H3. The van der Waals surface area contributed by atoms with Gasteiger partial charge >= 0.3 is 0 Å². The van der Waals surface area contributed by atoms with Crippen LogP contribution in [-0.2, 0) is 6.42 Å². The molecule has 0 aromatic heterocycles. The quantitative estimate of drug-likeness (QED) is 0.925. The lowest BCUT2D eigenvalue weighted by molar-refractivity contribution is 0.109. The third-order valence-electron chi connectivity index (χ3n) is 5.20. The molecule has 1 aliphatic heterocycles. The molecule has 0 radical (unpaired) electrons. The monoisotopic (exact) mass is 288 g/mol. The molecule has 116 valence electrons.